The monoisotopic (exact) mass is 652 g/mol. The third-order valence-corrected chi connectivity index (χ3v) is 9.47. The van der Waals surface area contributed by atoms with E-state index in [2.05, 4.69) is 103 Å². The molecule has 0 unspecified atom stereocenters. The summed E-state index contributed by atoms with van der Waals surface area (Å²) in [6.07, 6.45) is 0. The van der Waals surface area contributed by atoms with E-state index in [4.69, 9.17) is 25.1 Å². The lowest BCUT2D eigenvalue weighted by Gasteiger charge is -2.11. The standard InChI is InChI=1S/C45H28N6/c1-3-11-32(12-4-1)43-46-44(48-45(47-43)37-23-18-29-10-7-8-13-33(29)26-37)36-15-9-14-34(27-36)35-22-20-30-19-21-31-24-25-40-42(41(31)39(30)28-35)50-51(49-40)38-16-5-2-6-17-38/h1-28H. The van der Waals surface area contributed by atoms with Crippen molar-refractivity contribution in [1.29, 1.82) is 0 Å². The quantitative estimate of drug-likeness (QED) is 0.173. The van der Waals surface area contributed by atoms with Gasteiger partial charge in [-0.3, -0.25) is 0 Å². The molecule has 0 fully saturated rings. The van der Waals surface area contributed by atoms with Crippen LogP contribution < -0.4 is 0 Å². The molecule has 0 radical (unpaired) electrons. The van der Waals surface area contributed by atoms with Crippen LogP contribution in [0.25, 0.3) is 94.3 Å². The first-order chi connectivity index (χ1) is 25.2. The van der Waals surface area contributed by atoms with Gasteiger partial charge in [-0.05, 0) is 74.5 Å². The Morgan fingerprint density at radius 1 is 0.353 bits per heavy atom. The van der Waals surface area contributed by atoms with E-state index < -0.39 is 0 Å². The molecule has 6 heteroatoms. The van der Waals surface area contributed by atoms with E-state index in [0.717, 1.165) is 71.5 Å². The van der Waals surface area contributed by atoms with Crippen molar-refractivity contribution in [2.75, 3.05) is 0 Å². The molecule has 0 atom stereocenters. The zero-order valence-corrected chi connectivity index (χ0v) is 27.3. The molecule has 0 spiro atoms. The van der Waals surface area contributed by atoms with Gasteiger partial charge in [-0.1, -0.05) is 133 Å². The number of hydrogen-bond acceptors (Lipinski definition) is 5. The van der Waals surface area contributed by atoms with Crippen molar-refractivity contribution in [3.8, 4) is 51.0 Å². The van der Waals surface area contributed by atoms with Gasteiger partial charge in [0.05, 0.1) is 5.69 Å². The van der Waals surface area contributed by atoms with Crippen molar-refractivity contribution in [2.45, 2.75) is 0 Å². The second kappa shape index (κ2) is 11.8. The fraction of sp³-hybridized carbons (Fsp3) is 0. The van der Waals surface area contributed by atoms with E-state index in [1.54, 1.807) is 4.80 Å². The summed E-state index contributed by atoms with van der Waals surface area (Å²) in [6.45, 7) is 0. The van der Waals surface area contributed by atoms with E-state index in [1.165, 1.54) is 5.39 Å². The highest BCUT2D eigenvalue weighted by atomic mass is 15.5. The average molecular weight is 653 g/mol. The zero-order valence-electron chi connectivity index (χ0n) is 27.3. The minimum Gasteiger partial charge on any atom is -0.208 e. The summed E-state index contributed by atoms with van der Waals surface area (Å²) >= 11 is 0. The molecule has 0 saturated carbocycles. The highest BCUT2D eigenvalue weighted by molar-refractivity contribution is 6.18. The molecule has 0 saturated heterocycles. The van der Waals surface area contributed by atoms with Gasteiger partial charge in [-0.25, -0.2) is 15.0 Å². The molecule has 0 N–H and O–H groups in total. The summed E-state index contributed by atoms with van der Waals surface area (Å²) in [5, 5.41) is 16.6. The second-order valence-corrected chi connectivity index (χ2v) is 12.7. The maximum absolute atomic E-state index is 5.05. The van der Waals surface area contributed by atoms with Crippen LogP contribution in [0.3, 0.4) is 0 Å². The smallest absolute Gasteiger partial charge is 0.164 e. The van der Waals surface area contributed by atoms with Crippen LogP contribution in [0.5, 0.6) is 0 Å². The number of para-hydroxylation sites is 1. The van der Waals surface area contributed by atoms with Crippen LogP contribution in [0.1, 0.15) is 0 Å². The SMILES string of the molecule is c1ccc(-c2nc(-c3cccc(-c4ccc5ccc6ccc7nn(-c8ccccc8)nc7c6c5c4)c3)nc(-c3ccc4ccccc4c3)n2)cc1. The fourth-order valence-electron chi connectivity index (χ4n) is 6.89. The predicted octanol–water partition coefficient (Wildman–Crippen LogP) is 10.7. The van der Waals surface area contributed by atoms with E-state index in [-0.39, 0.29) is 0 Å². The number of fused-ring (bicyclic) bond motifs is 6. The van der Waals surface area contributed by atoms with Gasteiger partial charge in [0, 0.05) is 22.1 Å². The minimum absolute atomic E-state index is 0.624. The van der Waals surface area contributed by atoms with Crippen molar-refractivity contribution in [2.24, 2.45) is 0 Å². The van der Waals surface area contributed by atoms with Crippen molar-refractivity contribution >= 4 is 43.4 Å². The minimum atomic E-state index is 0.624. The Morgan fingerprint density at radius 3 is 1.75 bits per heavy atom. The van der Waals surface area contributed by atoms with Crippen LogP contribution in [-0.2, 0) is 0 Å². The second-order valence-electron chi connectivity index (χ2n) is 12.7. The fourth-order valence-corrected chi connectivity index (χ4v) is 6.89. The van der Waals surface area contributed by atoms with Crippen LogP contribution in [0.2, 0.25) is 0 Å². The predicted molar refractivity (Wildman–Crippen MR) is 207 cm³/mol. The topological polar surface area (TPSA) is 69.4 Å². The molecule has 0 aliphatic rings. The Labute approximate surface area is 293 Å². The average Bonchev–Trinajstić information content (AvgIpc) is 3.66. The molecule has 238 valence electrons. The van der Waals surface area contributed by atoms with Gasteiger partial charge in [0.25, 0.3) is 0 Å². The number of rotatable bonds is 5. The summed E-state index contributed by atoms with van der Waals surface area (Å²) in [6, 6.07) is 58.4. The summed E-state index contributed by atoms with van der Waals surface area (Å²) in [5.74, 6) is 1.90. The van der Waals surface area contributed by atoms with Gasteiger partial charge in [0.1, 0.15) is 11.0 Å². The molecule has 51 heavy (non-hydrogen) atoms. The Balaban J connectivity index is 1.11. The molecule has 6 nitrogen and oxygen atoms in total. The summed E-state index contributed by atoms with van der Waals surface area (Å²) in [7, 11) is 0. The Hall–Kier alpha value is -7.05. The zero-order chi connectivity index (χ0) is 33.7. The summed E-state index contributed by atoms with van der Waals surface area (Å²) < 4.78 is 0. The van der Waals surface area contributed by atoms with Crippen LogP contribution in [0.4, 0.5) is 0 Å². The lowest BCUT2D eigenvalue weighted by molar-refractivity contribution is 0.766. The molecule has 8 aromatic carbocycles. The molecule has 10 aromatic rings. The largest absolute Gasteiger partial charge is 0.208 e. The molecule has 2 aromatic heterocycles. The Kier molecular flexibility index (Phi) is 6.70. The number of benzene rings is 8. The summed E-state index contributed by atoms with van der Waals surface area (Å²) in [5.41, 5.74) is 7.64. The first kappa shape index (κ1) is 28.9. The van der Waals surface area contributed by atoms with Crippen LogP contribution >= 0.6 is 0 Å². The van der Waals surface area contributed by atoms with Gasteiger partial charge >= 0.3 is 0 Å². The first-order valence-corrected chi connectivity index (χ1v) is 16.9. The molecule has 0 aliphatic carbocycles. The van der Waals surface area contributed by atoms with Gasteiger partial charge in [-0.15, -0.1) is 10.2 Å². The Bertz CT molecular complexity index is 2920. The molecule has 0 amide bonds. The number of aromatic nitrogens is 6. The van der Waals surface area contributed by atoms with Gasteiger partial charge in [-0.2, -0.15) is 4.80 Å². The van der Waals surface area contributed by atoms with Crippen molar-refractivity contribution in [1.82, 2.24) is 29.9 Å². The van der Waals surface area contributed by atoms with Gasteiger partial charge < -0.3 is 0 Å². The highest BCUT2D eigenvalue weighted by Gasteiger charge is 2.15. The third-order valence-electron chi connectivity index (χ3n) is 9.47. The van der Waals surface area contributed by atoms with E-state index >= 15 is 0 Å². The molecular formula is C45H28N6. The maximum Gasteiger partial charge on any atom is 0.164 e. The summed E-state index contributed by atoms with van der Waals surface area (Å²) in [4.78, 5) is 16.7. The van der Waals surface area contributed by atoms with E-state index in [0.29, 0.717) is 17.5 Å². The van der Waals surface area contributed by atoms with Crippen LogP contribution in [0.15, 0.2) is 170 Å². The van der Waals surface area contributed by atoms with E-state index in [9.17, 15) is 0 Å². The van der Waals surface area contributed by atoms with Gasteiger partial charge in [0.15, 0.2) is 17.5 Å². The normalized spacial score (nSPS) is 11.5. The maximum atomic E-state index is 5.05. The molecule has 0 aliphatic heterocycles. The lowest BCUT2D eigenvalue weighted by atomic mass is 9.95. The Morgan fingerprint density at radius 2 is 0.922 bits per heavy atom. The van der Waals surface area contributed by atoms with Gasteiger partial charge in [0.2, 0.25) is 0 Å². The highest BCUT2D eigenvalue weighted by Crippen LogP contribution is 2.35. The molecular weight excluding hydrogens is 625 g/mol. The molecule has 0 bridgehead atoms. The van der Waals surface area contributed by atoms with Crippen molar-refractivity contribution in [3.63, 3.8) is 0 Å². The molecule has 2 heterocycles. The first-order valence-electron chi connectivity index (χ1n) is 16.9. The van der Waals surface area contributed by atoms with Crippen molar-refractivity contribution < 1.29 is 0 Å². The molecule has 10 rings (SSSR count). The van der Waals surface area contributed by atoms with Crippen LogP contribution in [-0.4, -0.2) is 29.9 Å². The lowest BCUT2D eigenvalue weighted by Crippen LogP contribution is -2.00. The number of hydrogen-bond donors (Lipinski definition) is 0. The third kappa shape index (κ3) is 5.18. The van der Waals surface area contributed by atoms with Crippen molar-refractivity contribution in [3.05, 3.63) is 170 Å². The van der Waals surface area contributed by atoms with E-state index in [1.807, 2.05) is 66.7 Å². The number of nitrogens with zero attached hydrogens (tertiary/aromatic N) is 6. The van der Waals surface area contributed by atoms with Crippen LogP contribution in [0, 0.1) is 0 Å².